The van der Waals surface area contributed by atoms with Gasteiger partial charge in [-0.25, -0.2) is 4.39 Å². The zero-order valence-electron chi connectivity index (χ0n) is 18.5. The summed E-state index contributed by atoms with van der Waals surface area (Å²) in [6, 6.07) is 9.98. The molecular formula is C23H19Cl4FN6S. The van der Waals surface area contributed by atoms with Crippen LogP contribution in [0, 0.1) is 19.7 Å². The first-order valence-corrected chi connectivity index (χ1v) is 12.3. The minimum Gasteiger partial charge on any atom is -0.329 e. The molecule has 0 aliphatic rings. The number of hydrogen-bond acceptors (Lipinski definition) is 3. The molecule has 35 heavy (non-hydrogen) atoms. The van der Waals surface area contributed by atoms with Gasteiger partial charge in [-0.05, 0) is 55.9 Å². The fraction of sp³-hybridized carbons (Fsp3) is 0.174. The van der Waals surface area contributed by atoms with E-state index in [-0.39, 0.29) is 11.7 Å². The molecule has 0 aliphatic heterocycles. The number of anilines is 2. The Labute approximate surface area is 226 Å². The normalized spacial score (nSPS) is 11.1. The Morgan fingerprint density at radius 1 is 0.943 bits per heavy atom. The minimum atomic E-state index is -0.417. The zero-order chi connectivity index (χ0) is 25.3. The Balaban J connectivity index is 1.46. The summed E-state index contributed by atoms with van der Waals surface area (Å²) in [6.07, 6.45) is 1.57. The van der Waals surface area contributed by atoms with Crippen LogP contribution in [0.1, 0.15) is 22.5 Å². The van der Waals surface area contributed by atoms with Crippen molar-refractivity contribution < 1.29 is 4.39 Å². The van der Waals surface area contributed by atoms with Crippen LogP contribution in [-0.4, -0.2) is 24.7 Å². The molecular weight excluding hydrogens is 553 g/mol. The van der Waals surface area contributed by atoms with Crippen LogP contribution in [0.4, 0.5) is 15.9 Å². The highest BCUT2D eigenvalue weighted by Crippen LogP contribution is 2.26. The third-order valence-electron chi connectivity index (χ3n) is 5.27. The van der Waals surface area contributed by atoms with Crippen LogP contribution in [0.5, 0.6) is 0 Å². The van der Waals surface area contributed by atoms with Gasteiger partial charge in [0.1, 0.15) is 10.8 Å². The second kappa shape index (κ2) is 10.7. The summed E-state index contributed by atoms with van der Waals surface area (Å²) in [6.45, 7) is 4.44. The lowest BCUT2D eigenvalue weighted by atomic mass is 10.2. The number of benzene rings is 2. The highest BCUT2D eigenvalue weighted by atomic mass is 35.5. The summed E-state index contributed by atoms with van der Waals surface area (Å²) in [5.41, 5.74) is 3.68. The summed E-state index contributed by atoms with van der Waals surface area (Å²) >= 11 is 30.1. The van der Waals surface area contributed by atoms with Crippen LogP contribution in [0.2, 0.25) is 20.1 Å². The van der Waals surface area contributed by atoms with Gasteiger partial charge in [-0.2, -0.15) is 10.2 Å². The molecule has 4 aromatic rings. The molecule has 0 saturated heterocycles. The van der Waals surface area contributed by atoms with E-state index in [4.69, 9.17) is 58.6 Å². The molecule has 0 amide bonds. The third-order valence-corrected chi connectivity index (χ3v) is 6.84. The van der Waals surface area contributed by atoms with Gasteiger partial charge in [0.05, 0.1) is 40.2 Å². The monoisotopic (exact) mass is 570 g/mol. The highest BCUT2D eigenvalue weighted by molar-refractivity contribution is 7.80. The van der Waals surface area contributed by atoms with E-state index < -0.39 is 5.82 Å². The maximum absolute atomic E-state index is 14.1. The van der Waals surface area contributed by atoms with E-state index in [1.54, 1.807) is 24.4 Å². The van der Waals surface area contributed by atoms with Gasteiger partial charge in [-0.3, -0.25) is 9.36 Å². The number of rotatable bonds is 6. The van der Waals surface area contributed by atoms with E-state index >= 15 is 0 Å². The Hall–Kier alpha value is -2.36. The minimum absolute atomic E-state index is 0.118. The van der Waals surface area contributed by atoms with Crippen molar-refractivity contribution in [1.29, 1.82) is 0 Å². The molecule has 12 heteroatoms. The Morgan fingerprint density at radius 3 is 2.43 bits per heavy atom. The van der Waals surface area contributed by atoms with Gasteiger partial charge in [0.2, 0.25) is 0 Å². The zero-order valence-corrected chi connectivity index (χ0v) is 22.4. The van der Waals surface area contributed by atoms with Crippen molar-refractivity contribution in [3.05, 3.63) is 91.0 Å². The molecule has 2 N–H and O–H groups in total. The number of aromatic nitrogens is 4. The van der Waals surface area contributed by atoms with Gasteiger partial charge < -0.3 is 10.6 Å². The van der Waals surface area contributed by atoms with E-state index in [0.717, 1.165) is 22.6 Å². The van der Waals surface area contributed by atoms with Crippen molar-refractivity contribution in [3.63, 3.8) is 0 Å². The first kappa shape index (κ1) is 25.7. The number of nitrogens with zero attached hydrogens (tertiary/aromatic N) is 4. The van der Waals surface area contributed by atoms with Crippen LogP contribution < -0.4 is 10.6 Å². The summed E-state index contributed by atoms with van der Waals surface area (Å²) in [7, 11) is 0. The number of halogens is 5. The fourth-order valence-corrected chi connectivity index (χ4v) is 4.44. The van der Waals surface area contributed by atoms with Gasteiger partial charge in [0, 0.05) is 16.8 Å². The first-order valence-electron chi connectivity index (χ1n) is 10.3. The van der Waals surface area contributed by atoms with Crippen molar-refractivity contribution in [1.82, 2.24) is 19.6 Å². The molecule has 182 valence electrons. The van der Waals surface area contributed by atoms with Crippen molar-refractivity contribution in [3.8, 4) is 0 Å². The van der Waals surface area contributed by atoms with Gasteiger partial charge in [0.15, 0.2) is 10.9 Å². The van der Waals surface area contributed by atoms with Crippen molar-refractivity contribution in [2.45, 2.75) is 26.9 Å². The quantitative estimate of drug-likeness (QED) is 0.237. The lowest BCUT2D eigenvalue weighted by Gasteiger charge is -2.10. The maximum atomic E-state index is 14.1. The lowest BCUT2D eigenvalue weighted by molar-refractivity contribution is 0.586. The van der Waals surface area contributed by atoms with Crippen LogP contribution in [0.3, 0.4) is 0 Å². The molecule has 2 aromatic heterocycles. The molecule has 0 fully saturated rings. The predicted octanol–water partition coefficient (Wildman–Crippen LogP) is 7.35. The molecule has 2 heterocycles. The molecule has 0 atom stereocenters. The lowest BCUT2D eigenvalue weighted by Crippen LogP contribution is -2.20. The summed E-state index contributed by atoms with van der Waals surface area (Å²) in [5.74, 6) is -0.0882. The van der Waals surface area contributed by atoms with Gasteiger partial charge in [-0.15, -0.1) is 0 Å². The Kier molecular flexibility index (Phi) is 7.88. The topological polar surface area (TPSA) is 59.7 Å². The van der Waals surface area contributed by atoms with Gasteiger partial charge in [0.25, 0.3) is 0 Å². The molecule has 0 saturated carbocycles. The molecule has 4 rings (SSSR count). The van der Waals surface area contributed by atoms with Crippen molar-refractivity contribution in [2.24, 2.45) is 0 Å². The average Bonchev–Trinajstić information content (AvgIpc) is 3.26. The molecule has 0 aliphatic carbocycles. The number of thiocarbonyl (C=S) groups is 1. The highest BCUT2D eigenvalue weighted by Gasteiger charge is 2.16. The number of aryl methyl sites for hydroxylation is 1. The second-order valence-electron chi connectivity index (χ2n) is 7.75. The van der Waals surface area contributed by atoms with Crippen molar-refractivity contribution in [2.75, 3.05) is 10.6 Å². The fourth-order valence-electron chi connectivity index (χ4n) is 3.50. The SMILES string of the molecule is Cc1nn(Cc2ccc(Cl)c(Cl)c2)c(C)c1NC(=S)Nc1nn(Cc2c(F)cccc2Cl)cc1Cl. The van der Waals surface area contributed by atoms with E-state index in [1.807, 2.05) is 30.7 Å². The summed E-state index contributed by atoms with van der Waals surface area (Å²) in [5, 5.41) is 17.0. The number of hydrogen-bond donors (Lipinski definition) is 2. The summed E-state index contributed by atoms with van der Waals surface area (Å²) in [4.78, 5) is 0. The smallest absolute Gasteiger partial charge is 0.176 e. The predicted molar refractivity (Wildman–Crippen MR) is 145 cm³/mol. The van der Waals surface area contributed by atoms with Crippen LogP contribution in [0.15, 0.2) is 42.6 Å². The van der Waals surface area contributed by atoms with Gasteiger partial charge in [-0.1, -0.05) is 58.5 Å². The average molecular weight is 572 g/mol. The van der Waals surface area contributed by atoms with E-state index in [1.165, 1.54) is 10.7 Å². The molecule has 0 spiro atoms. The van der Waals surface area contributed by atoms with Gasteiger partial charge >= 0.3 is 0 Å². The van der Waals surface area contributed by atoms with Crippen LogP contribution in [-0.2, 0) is 13.1 Å². The van der Waals surface area contributed by atoms with Crippen LogP contribution >= 0.6 is 58.6 Å². The second-order valence-corrected chi connectivity index (χ2v) is 9.79. The van der Waals surface area contributed by atoms with E-state index in [9.17, 15) is 4.39 Å². The molecule has 2 aromatic carbocycles. The largest absolute Gasteiger partial charge is 0.329 e. The molecule has 0 radical (unpaired) electrons. The summed E-state index contributed by atoms with van der Waals surface area (Å²) < 4.78 is 17.5. The molecule has 0 bridgehead atoms. The first-order chi connectivity index (χ1) is 16.6. The van der Waals surface area contributed by atoms with E-state index in [0.29, 0.717) is 38.0 Å². The standard InChI is InChI=1S/C23H19Cl4FN6S/c1-12-21(13(2)34(31-12)9-14-6-7-17(25)18(26)8-14)29-23(35)30-22-19(27)11-33(32-22)10-15-16(24)4-3-5-20(15)28/h3-8,11H,9-10H2,1-2H3,(H2,29,30,32,35). The molecule has 0 unspecified atom stereocenters. The van der Waals surface area contributed by atoms with Crippen LogP contribution in [0.25, 0.3) is 0 Å². The maximum Gasteiger partial charge on any atom is 0.176 e. The Bertz CT molecular complexity index is 1400. The number of nitrogens with one attached hydrogen (secondary N) is 2. The Morgan fingerprint density at radius 2 is 1.71 bits per heavy atom. The molecule has 6 nitrogen and oxygen atoms in total. The van der Waals surface area contributed by atoms with Crippen molar-refractivity contribution >= 4 is 75.2 Å². The van der Waals surface area contributed by atoms with E-state index in [2.05, 4.69) is 20.8 Å². The third kappa shape index (κ3) is 5.90.